The molecule has 3 aromatic rings. The molecule has 1 heterocycles. The van der Waals surface area contributed by atoms with Crippen LogP contribution < -0.4 is 25.3 Å². The summed E-state index contributed by atoms with van der Waals surface area (Å²) >= 11 is 0. The number of ketones is 1. The van der Waals surface area contributed by atoms with Crippen molar-refractivity contribution in [2.45, 2.75) is 33.6 Å². The zero-order chi connectivity index (χ0) is 25.5. The molecule has 184 valence electrons. The Morgan fingerprint density at radius 2 is 1.69 bits per heavy atom. The molecule has 1 amide bonds. The first-order valence-electron chi connectivity index (χ1n) is 11.3. The average Bonchev–Trinajstić information content (AvgIpc) is 3.13. The zero-order valence-corrected chi connectivity index (χ0v) is 20.9. The molecule has 0 saturated carbocycles. The smallest absolute Gasteiger partial charge is 0.250 e. The number of nitrogens with zero attached hydrogens (tertiary/aromatic N) is 1. The number of Topliss-reactive ketones (excluding diaryl/α,β-unsaturated/α-hetero) is 1. The van der Waals surface area contributed by atoms with E-state index in [-0.39, 0.29) is 11.2 Å². The van der Waals surface area contributed by atoms with Gasteiger partial charge in [0.05, 0.1) is 32.6 Å². The second kappa shape index (κ2) is 9.02. The molecule has 35 heavy (non-hydrogen) atoms. The van der Waals surface area contributed by atoms with E-state index in [1.54, 1.807) is 18.2 Å². The zero-order valence-electron chi connectivity index (χ0n) is 20.9. The fourth-order valence-electron chi connectivity index (χ4n) is 4.82. The summed E-state index contributed by atoms with van der Waals surface area (Å²) < 4.78 is 18.3. The highest BCUT2D eigenvalue weighted by molar-refractivity contribution is 6.01. The highest BCUT2D eigenvalue weighted by Gasteiger charge is 2.34. The Bertz CT molecular complexity index is 1300. The van der Waals surface area contributed by atoms with E-state index in [0.29, 0.717) is 40.6 Å². The van der Waals surface area contributed by atoms with Crippen LogP contribution in [0.15, 0.2) is 36.5 Å². The maximum atomic E-state index is 12.9. The van der Waals surface area contributed by atoms with Gasteiger partial charge in [-0.05, 0) is 42.5 Å². The van der Waals surface area contributed by atoms with Gasteiger partial charge in [-0.2, -0.15) is 0 Å². The van der Waals surface area contributed by atoms with Crippen molar-refractivity contribution >= 4 is 23.1 Å². The van der Waals surface area contributed by atoms with Crippen molar-refractivity contribution in [2.24, 2.45) is 11.1 Å². The van der Waals surface area contributed by atoms with Crippen LogP contribution in [0.3, 0.4) is 0 Å². The Hall–Kier alpha value is -3.94. The number of nitrogens with two attached hydrogens (primary N) is 1. The molecule has 0 unspecified atom stereocenters. The Morgan fingerprint density at radius 1 is 1.03 bits per heavy atom. The van der Waals surface area contributed by atoms with Crippen molar-refractivity contribution in [1.29, 1.82) is 0 Å². The van der Waals surface area contributed by atoms with E-state index >= 15 is 0 Å². The average molecular weight is 478 g/mol. The van der Waals surface area contributed by atoms with E-state index in [1.165, 1.54) is 21.3 Å². The van der Waals surface area contributed by atoms with Gasteiger partial charge in [0.2, 0.25) is 5.75 Å². The maximum absolute atomic E-state index is 12.9. The van der Waals surface area contributed by atoms with E-state index in [2.05, 4.69) is 19.2 Å². The Labute approximate surface area is 205 Å². The monoisotopic (exact) mass is 477 g/mol. The number of primary amides is 1. The molecule has 0 atom stereocenters. The topological polar surface area (TPSA) is 105 Å². The summed E-state index contributed by atoms with van der Waals surface area (Å²) in [6, 6.07) is 8.89. The number of amides is 1. The summed E-state index contributed by atoms with van der Waals surface area (Å²) in [6.07, 6.45) is 3.28. The first kappa shape index (κ1) is 24.2. The Balaban J connectivity index is 1.82. The molecular weight excluding hydrogens is 446 g/mol. The highest BCUT2D eigenvalue weighted by Crippen LogP contribution is 2.42. The van der Waals surface area contributed by atoms with E-state index in [0.717, 1.165) is 28.9 Å². The van der Waals surface area contributed by atoms with Gasteiger partial charge in [-0.3, -0.25) is 9.59 Å². The molecule has 0 fully saturated rings. The van der Waals surface area contributed by atoms with Crippen LogP contribution in [0.1, 0.15) is 52.2 Å². The number of carbonyl (C=O) groups excluding carboxylic acids is 2. The molecule has 0 saturated heterocycles. The number of aromatic nitrogens is 1. The molecule has 1 aliphatic rings. The highest BCUT2D eigenvalue weighted by atomic mass is 16.5. The lowest BCUT2D eigenvalue weighted by Gasteiger charge is -2.30. The molecule has 2 aromatic carbocycles. The lowest BCUT2D eigenvalue weighted by atomic mass is 9.75. The number of methoxy groups -OCH3 is 3. The number of hydrogen-bond donors (Lipinski definition) is 2. The van der Waals surface area contributed by atoms with Crippen molar-refractivity contribution in [2.75, 3.05) is 26.6 Å². The molecule has 0 spiro atoms. The summed E-state index contributed by atoms with van der Waals surface area (Å²) in [4.78, 5) is 25.1. The second-order valence-corrected chi connectivity index (χ2v) is 9.58. The molecule has 0 radical (unpaired) electrons. The molecule has 8 nitrogen and oxygen atoms in total. The summed E-state index contributed by atoms with van der Waals surface area (Å²) in [5, 5.41) is 3.28. The number of carbonyl (C=O) groups is 2. The minimum absolute atomic E-state index is 0.128. The number of ether oxygens (including phenoxy) is 3. The number of anilines is 2. The van der Waals surface area contributed by atoms with Crippen molar-refractivity contribution in [3.05, 3.63) is 58.9 Å². The fraction of sp³-hybridized carbons (Fsp3) is 0.333. The molecule has 1 aliphatic carbocycles. The van der Waals surface area contributed by atoms with E-state index in [4.69, 9.17) is 19.9 Å². The predicted molar refractivity (Wildman–Crippen MR) is 135 cm³/mol. The summed E-state index contributed by atoms with van der Waals surface area (Å²) in [7, 11) is 4.61. The van der Waals surface area contributed by atoms with E-state index in [1.807, 2.05) is 29.8 Å². The first-order chi connectivity index (χ1) is 16.6. The third-order valence-corrected chi connectivity index (χ3v) is 6.35. The molecule has 0 aliphatic heterocycles. The molecule has 8 heteroatoms. The van der Waals surface area contributed by atoms with Crippen LogP contribution in [0, 0.1) is 12.3 Å². The van der Waals surface area contributed by atoms with Crippen molar-refractivity contribution in [1.82, 2.24) is 4.57 Å². The third kappa shape index (κ3) is 4.43. The molecule has 4 rings (SSSR count). The quantitative estimate of drug-likeness (QED) is 0.506. The van der Waals surface area contributed by atoms with Crippen LogP contribution in [0.25, 0.3) is 5.69 Å². The normalized spacial score (nSPS) is 14.3. The molecule has 3 N–H and O–H groups in total. The number of rotatable bonds is 7. The Kier molecular flexibility index (Phi) is 6.23. The SMILES string of the molecule is COc1cc(Nc2cc(-n3cc(C)c4c3CC(C)(C)CC4=O)ccc2C(N)=O)cc(OC)c1OC. The summed E-state index contributed by atoms with van der Waals surface area (Å²) in [5.74, 6) is 1.01. The van der Waals surface area contributed by atoms with Gasteiger partial charge in [0, 0.05) is 47.4 Å². The summed E-state index contributed by atoms with van der Waals surface area (Å²) in [5.41, 5.74) is 10.6. The molecule has 1 aromatic heterocycles. The largest absolute Gasteiger partial charge is 0.493 e. The van der Waals surface area contributed by atoms with Gasteiger partial charge < -0.3 is 29.8 Å². The lowest BCUT2D eigenvalue weighted by Crippen LogP contribution is -2.28. The van der Waals surface area contributed by atoms with E-state index in [9.17, 15) is 9.59 Å². The van der Waals surface area contributed by atoms with Crippen LogP contribution in [-0.2, 0) is 6.42 Å². The predicted octanol–water partition coefficient (Wildman–Crippen LogP) is 4.81. The van der Waals surface area contributed by atoms with Crippen LogP contribution in [0.2, 0.25) is 0 Å². The number of fused-ring (bicyclic) bond motifs is 1. The van der Waals surface area contributed by atoms with Crippen LogP contribution in [0.4, 0.5) is 11.4 Å². The van der Waals surface area contributed by atoms with Gasteiger partial charge in [0.25, 0.3) is 5.91 Å². The number of hydrogen-bond acceptors (Lipinski definition) is 6. The van der Waals surface area contributed by atoms with Gasteiger partial charge in [-0.1, -0.05) is 13.8 Å². The van der Waals surface area contributed by atoms with Gasteiger partial charge >= 0.3 is 0 Å². The molecular formula is C27H31N3O5. The van der Waals surface area contributed by atoms with E-state index < -0.39 is 5.91 Å². The minimum atomic E-state index is -0.562. The van der Waals surface area contributed by atoms with Gasteiger partial charge in [-0.15, -0.1) is 0 Å². The number of benzene rings is 2. The number of aryl methyl sites for hydroxylation is 1. The third-order valence-electron chi connectivity index (χ3n) is 6.35. The van der Waals surface area contributed by atoms with Gasteiger partial charge in [0.15, 0.2) is 17.3 Å². The summed E-state index contributed by atoms with van der Waals surface area (Å²) in [6.45, 7) is 6.17. The van der Waals surface area contributed by atoms with Crippen molar-refractivity contribution in [3.8, 4) is 22.9 Å². The van der Waals surface area contributed by atoms with Crippen molar-refractivity contribution < 1.29 is 23.8 Å². The van der Waals surface area contributed by atoms with Gasteiger partial charge in [0.1, 0.15) is 0 Å². The first-order valence-corrected chi connectivity index (χ1v) is 11.3. The van der Waals surface area contributed by atoms with Crippen molar-refractivity contribution in [3.63, 3.8) is 0 Å². The van der Waals surface area contributed by atoms with Crippen LogP contribution in [0.5, 0.6) is 17.2 Å². The minimum Gasteiger partial charge on any atom is -0.493 e. The second-order valence-electron chi connectivity index (χ2n) is 9.58. The standard InChI is InChI=1S/C27H31N3O5/c1-15-14-30(20-12-27(2,3)13-21(31)24(15)20)17-7-8-18(26(28)32)19(11-17)29-16-9-22(33-4)25(35-6)23(10-16)34-5/h7-11,14,29H,12-13H2,1-6H3,(H2,28,32). The number of nitrogens with one attached hydrogen (secondary N) is 1. The van der Waals surface area contributed by atoms with Crippen LogP contribution >= 0.6 is 0 Å². The maximum Gasteiger partial charge on any atom is 0.250 e. The molecule has 0 bridgehead atoms. The fourth-order valence-corrected chi connectivity index (χ4v) is 4.82. The van der Waals surface area contributed by atoms with Crippen LogP contribution in [-0.4, -0.2) is 37.6 Å². The van der Waals surface area contributed by atoms with Gasteiger partial charge in [-0.25, -0.2) is 0 Å². The Morgan fingerprint density at radius 3 is 2.26 bits per heavy atom. The lowest BCUT2D eigenvalue weighted by molar-refractivity contribution is 0.0909.